The van der Waals surface area contributed by atoms with Crippen LogP contribution in [0.25, 0.3) is 0 Å². The summed E-state index contributed by atoms with van der Waals surface area (Å²) in [6.07, 6.45) is 10.0. The lowest BCUT2D eigenvalue weighted by Gasteiger charge is -2.37. The van der Waals surface area contributed by atoms with Gasteiger partial charge in [-0.1, -0.05) is 6.42 Å². The monoisotopic (exact) mass is 254 g/mol. The summed E-state index contributed by atoms with van der Waals surface area (Å²) in [5.74, 6) is 1.39. The van der Waals surface area contributed by atoms with Gasteiger partial charge in [0.2, 0.25) is 0 Å². The molecule has 2 bridgehead atoms. The van der Waals surface area contributed by atoms with Gasteiger partial charge < -0.3 is 10.2 Å². The quantitative estimate of drug-likeness (QED) is 0.833. The first kappa shape index (κ1) is 12.3. The molecule has 3 heteroatoms. The number of hydrogen-bond acceptors (Lipinski definition) is 3. The zero-order chi connectivity index (χ0) is 11.7. The van der Waals surface area contributed by atoms with E-state index in [-0.39, 0.29) is 0 Å². The second-order valence-corrected chi connectivity index (χ2v) is 7.52. The van der Waals surface area contributed by atoms with Crippen LogP contribution in [0.3, 0.4) is 0 Å². The average molecular weight is 254 g/mol. The van der Waals surface area contributed by atoms with Crippen LogP contribution in [0.4, 0.5) is 0 Å². The number of rotatable bonds is 3. The molecule has 0 aromatic heterocycles. The summed E-state index contributed by atoms with van der Waals surface area (Å²) in [7, 11) is 2.33. The number of hydrogen-bond donors (Lipinski definition) is 1. The van der Waals surface area contributed by atoms with Gasteiger partial charge in [0.25, 0.3) is 0 Å². The van der Waals surface area contributed by atoms with E-state index < -0.39 is 0 Å². The summed E-state index contributed by atoms with van der Waals surface area (Å²) in [4.78, 5) is 2.63. The van der Waals surface area contributed by atoms with Crippen LogP contribution in [0, 0.1) is 0 Å². The van der Waals surface area contributed by atoms with Crippen LogP contribution >= 0.6 is 11.8 Å². The van der Waals surface area contributed by atoms with E-state index in [1.165, 1.54) is 57.2 Å². The SMILES string of the molecule is CN1C2CCC1CC(NCC1CCCCS1)C2. The van der Waals surface area contributed by atoms with Gasteiger partial charge in [0.1, 0.15) is 0 Å². The van der Waals surface area contributed by atoms with E-state index in [1.54, 1.807) is 0 Å². The largest absolute Gasteiger partial charge is 0.313 e. The van der Waals surface area contributed by atoms with Crippen molar-refractivity contribution in [1.82, 2.24) is 10.2 Å². The van der Waals surface area contributed by atoms with Crippen LogP contribution in [0.2, 0.25) is 0 Å². The van der Waals surface area contributed by atoms with Crippen LogP contribution in [0.1, 0.15) is 44.9 Å². The third-order valence-corrected chi connectivity index (χ3v) is 6.40. The fraction of sp³-hybridized carbons (Fsp3) is 1.00. The maximum Gasteiger partial charge on any atom is 0.0172 e. The molecule has 3 fully saturated rings. The van der Waals surface area contributed by atoms with Crippen molar-refractivity contribution in [1.29, 1.82) is 0 Å². The molecule has 0 amide bonds. The summed E-state index contributed by atoms with van der Waals surface area (Å²) < 4.78 is 0. The topological polar surface area (TPSA) is 15.3 Å². The van der Waals surface area contributed by atoms with Crippen LogP contribution in [0.15, 0.2) is 0 Å². The minimum Gasteiger partial charge on any atom is -0.313 e. The molecule has 0 aliphatic carbocycles. The van der Waals surface area contributed by atoms with Gasteiger partial charge in [-0.15, -0.1) is 0 Å². The number of fused-ring (bicyclic) bond motifs is 2. The molecule has 0 spiro atoms. The average Bonchev–Trinajstić information content (AvgIpc) is 2.61. The van der Waals surface area contributed by atoms with Crippen molar-refractivity contribution in [2.45, 2.75) is 68.3 Å². The summed E-state index contributed by atoms with van der Waals surface area (Å²) >= 11 is 2.20. The van der Waals surface area contributed by atoms with Gasteiger partial charge >= 0.3 is 0 Å². The first-order chi connectivity index (χ1) is 8.33. The Morgan fingerprint density at radius 2 is 1.88 bits per heavy atom. The second kappa shape index (κ2) is 5.50. The fourth-order valence-electron chi connectivity index (χ4n) is 3.84. The highest BCUT2D eigenvalue weighted by molar-refractivity contribution is 7.99. The van der Waals surface area contributed by atoms with Crippen LogP contribution in [0.5, 0.6) is 0 Å². The lowest BCUT2D eigenvalue weighted by Crippen LogP contribution is -2.48. The maximum absolute atomic E-state index is 3.87. The molecule has 3 aliphatic heterocycles. The molecule has 3 unspecified atom stereocenters. The molecule has 3 aliphatic rings. The minimum atomic E-state index is 0.811. The Morgan fingerprint density at radius 3 is 2.53 bits per heavy atom. The lowest BCUT2D eigenvalue weighted by molar-refractivity contribution is 0.149. The molecule has 3 atom stereocenters. The van der Waals surface area contributed by atoms with Crippen molar-refractivity contribution >= 4 is 11.8 Å². The van der Waals surface area contributed by atoms with Gasteiger partial charge in [-0.2, -0.15) is 11.8 Å². The molecule has 17 heavy (non-hydrogen) atoms. The van der Waals surface area contributed by atoms with Gasteiger partial charge in [0, 0.05) is 29.9 Å². The predicted octanol–water partition coefficient (Wildman–Crippen LogP) is 2.49. The summed E-state index contributed by atoms with van der Waals surface area (Å²) in [5, 5.41) is 4.77. The fourth-order valence-corrected chi connectivity index (χ4v) is 5.10. The standard InChI is InChI=1S/C14H26N2S/c1-16-12-5-6-13(16)9-11(8-12)15-10-14-4-2-3-7-17-14/h11-15H,2-10H2,1H3. The summed E-state index contributed by atoms with van der Waals surface area (Å²) in [5.41, 5.74) is 0. The van der Waals surface area contributed by atoms with Crippen LogP contribution in [-0.2, 0) is 0 Å². The molecular formula is C14H26N2S. The highest BCUT2D eigenvalue weighted by Gasteiger charge is 2.38. The predicted molar refractivity (Wildman–Crippen MR) is 75.7 cm³/mol. The normalized spacial score (nSPS) is 42.9. The number of nitrogens with zero attached hydrogens (tertiary/aromatic N) is 1. The smallest absolute Gasteiger partial charge is 0.0172 e. The Hall–Kier alpha value is 0.270. The molecule has 98 valence electrons. The molecule has 3 saturated heterocycles. The van der Waals surface area contributed by atoms with Gasteiger partial charge in [-0.3, -0.25) is 0 Å². The highest BCUT2D eigenvalue weighted by Crippen LogP contribution is 2.34. The zero-order valence-corrected chi connectivity index (χ0v) is 11.8. The van der Waals surface area contributed by atoms with E-state index in [2.05, 4.69) is 29.0 Å². The molecule has 0 aromatic rings. The van der Waals surface area contributed by atoms with E-state index in [4.69, 9.17) is 0 Å². The number of piperidine rings is 1. The molecule has 1 N–H and O–H groups in total. The second-order valence-electron chi connectivity index (χ2n) is 6.12. The van der Waals surface area contributed by atoms with Crippen molar-refractivity contribution < 1.29 is 0 Å². The Balaban J connectivity index is 1.44. The molecule has 0 radical (unpaired) electrons. The van der Waals surface area contributed by atoms with E-state index in [1.807, 2.05) is 0 Å². The summed E-state index contributed by atoms with van der Waals surface area (Å²) in [6, 6.07) is 2.57. The molecule has 3 heterocycles. The molecular weight excluding hydrogens is 228 g/mol. The van der Waals surface area contributed by atoms with Crippen LogP contribution < -0.4 is 5.32 Å². The Kier molecular flexibility index (Phi) is 3.98. The first-order valence-electron chi connectivity index (χ1n) is 7.40. The van der Waals surface area contributed by atoms with Gasteiger partial charge in [-0.25, -0.2) is 0 Å². The number of thioether (sulfide) groups is 1. The van der Waals surface area contributed by atoms with Crippen molar-refractivity contribution in [3.8, 4) is 0 Å². The Bertz CT molecular complexity index is 239. The van der Waals surface area contributed by atoms with Gasteiger partial charge in [0.05, 0.1) is 0 Å². The van der Waals surface area contributed by atoms with Crippen molar-refractivity contribution in [2.75, 3.05) is 19.3 Å². The Morgan fingerprint density at radius 1 is 1.12 bits per heavy atom. The number of nitrogens with one attached hydrogen (secondary N) is 1. The van der Waals surface area contributed by atoms with Gasteiger partial charge in [-0.05, 0) is 51.3 Å². The lowest BCUT2D eigenvalue weighted by atomic mass is 9.98. The third-order valence-electron chi connectivity index (χ3n) is 5.01. The van der Waals surface area contributed by atoms with E-state index in [0.717, 1.165) is 23.4 Å². The molecule has 2 nitrogen and oxygen atoms in total. The zero-order valence-electron chi connectivity index (χ0n) is 11.0. The minimum absolute atomic E-state index is 0.811. The van der Waals surface area contributed by atoms with E-state index >= 15 is 0 Å². The molecule has 0 saturated carbocycles. The first-order valence-corrected chi connectivity index (χ1v) is 8.44. The third kappa shape index (κ3) is 2.82. The highest BCUT2D eigenvalue weighted by atomic mass is 32.2. The van der Waals surface area contributed by atoms with Gasteiger partial charge in [0.15, 0.2) is 0 Å². The maximum atomic E-state index is 3.87. The van der Waals surface area contributed by atoms with Crippen molar-refractivity contribution in [2.24, 2.45) is 0 Å². The van der Waals surface area contributed by atoms with E-state index in [0.29, 0.717) is 0 Å². The van der Waals surface area contributed by atoms with Crippen LogP contribution in [-0.4, -0.2) is 47.6 Å². The molecule has 0 aromatic carbocycles. The van der Waals surface area contributed by atoms with E-state index in [9.17, 15) is 0 Å². The molecule has 3 rings (SSSR count). The Labute approximate surface area is 110 Å². The van der Waals surface area contributed by atoms with Crippen molar-refractivity contribution in [3.63, 3.8) is 0 Å². The van der Waals surface area contributed by atoms with Crippen molar-refractivity contribution in [3.05, 3.63) is 0 Å². The summed E-state index contributed by atoms with van der Waals surface area (Å²) in [6.45, 7) is 1.26.